The zero-order chi connectivity index (χ0) is 20.9. The molecule has 1 heterocycles. The van der Waals surface area contributed by atoms with Crippen molar-refractivity contribution in [2.75, 3.05) is 32.8 Å². The third-order valence-corrected chi connectivity index (χ3v) is 4.72. The minimum absolute atomic E-state index is 0.160. The molecule has 1 amide bonds. The van der Waals surface area contributed by atoms with Gasteiger partial charge in [-0.25, -0.2) is 0 Å². The summed E-state index contributed by atoms with van der Waals surface area (Å²) in [5, 5.41) is 0.701. The van der Waals surface area contributed by atoms with Crippen LogP contribution in [-0.2, 0) is 11.3 Å². The van der Waals surface area contributed by atoms with Crippen LogP contribution in [0.1, 0.15) is 5.56 Å². The second-order valence-corrected chi connectivity index (χ2v) is 7.03. The first-order valence-electron chi connectivity index (χ1n) is 9.02. The number of benzene rings is 2. The van der Waals surface area contributed by atoms with E-state index < -0.39 is 6.36 Å². The van der Waals surface area contributed by atoms with Crippen molar-refractivity contribution in [1.82, 2.24) is 9.80 Å². The lowest BCUT2D eigenvalue weighted by Gasteiger charge is -2.34. The van der Waals surface area contributed by atoms with Gasteiger partial charge in [-0.15, -0.1) is 13.2 Å². The fourth-order valence-electron chi connectivity index (χ4n) is 2.98. The summed E-state index contributed by atoms with van der Waals surface area (Å²) in [6, 6.07) is 12.6. The summed E-state index contributed by atoms with van der Waals surface area (Å²) in [6.45, 7) is 3.30. The number of piperazine rings is 1. The van der Waals surface area contributed by atoms with Crippen LogP contribution < -0.4 is 9.47 Å². The SMILES string of the molecule is O=C(COc1ccc(OC(F)(F)F)cc1)N1CCN(Cc2ccc(Cl)cc2)CC1. The monoisotopic (exact) mass is 428 g/mol. The van der Waals surface area contributed by atoms with Crippen LogP contribution in [0.5, 0.6) is 11.5 Å². The van der Waals surface area contributed by atoms with Gasteiger partial charge in [0.25, 0.3) is 5.91 Å². The van der Waals surface area contributed by atoms with Gasteiger partial charge in [0.2, 0.25) is 0 Å². The van der Waals surface area contributed by atoms with Crippen molar-refractivity contribution in [2.45, 2.75) is 12.9 Å². The van der Waals surface area contributed by atoms with Crippen LogP contribution in [-0.4, -0.2) is 54.9 Å². The highest BCUT2D eigenvalue weighted by Crippen LogP contribution is 2.24. The van der Waals surface area contributed by atoms with Crippen molar-refractivity contribution >= 4 is 17.5 Å². The lowest BCUT2D eigenvalue weighted by molar-refractivity contribution is -0.274. The van der Waals surface area contributed by atoms with E-state index in [2.05, 4.69) is 9.64 Å². The molecule has 1 saturated heterocycles. The number of halogens is 4. The Labute approximate surface area is 171 Å². The molecule has 1 aliphatic heterocycles. The molecule has 29 heavy (non-hydrogen) atoms. The average Bonchev–Trinajstić information content (AvgIpc) is 2.68. The van der Waals surface area contributed by atoms with Crippen LogP contribution in [0.4, 0.5) is 13.2 Å². The van der Waals surface area contributed by atoms with E-state index in [1.165, 1.54) is 12.1 Å². The molecule has 0 atom stereocenters. The van der Waals surface area contributed by atoms with Crippen LogP contribution in [0.15, 0.2) is 48.5 Å². The molecule has 2 aromatic carbocycles. The van der Waals surface area contributed by atoms with E-state index in [0.717, 1.165) is 37.3 Å². The van der Waals surface area contributed by atoms with E-state index in [-0.39, 0.29) is 18.3 Å². The lowest BCUT2D eigenvalue weighted by atomic mass is 10.2. The highest BCUT2D eigenvalue weighted by atomic mass is 35.5. The first-order valence-corrected chi connectivity index (χ1v) is 9.39. The Morgan fingerprint density at radius 1 is 0.931 bits per heavy atom. The summed E-state index contributed by atoms with van der Waals surface area (Å²) in [7, 11) is 0. The number of nitrogens with zero attached hydrogens (tertiary/aromatic N) is 2. The van der Waals surface area contributed by atoms with Gasteiger partial charge in [0.15, 0.2) is 6.61 Å². The van der Waals surface area contributed by atoms with Crippen molar-refractivity contribution in [3.8, 4) is 11.5 Å². The predicted molar refractivity (Wildman–Crippen MR) is 102 cm³/mol. The molecule has 2 aromatic rings. The minimum atomic E-state index is -4.74. The van der Waals surface area contributed by atoms with Crippen molar-refractivity contribution in [3.05, 3.63) is 59.1 Å². The molecule has 0 N–H and O–H groups in total. The molecule has 0 saturated carbocycles. The Morgan fingerprint density at radius 3 is 2.10 bits per heavy atom. The standard InChI is InChI=1S/C20H20ClF3N2O3/c21-16-3-1-15(2-4-16)13-25-9-11-26(12-10-25)19(27)14-28-17-5-7-18(8-6-17)29-20(22,23)24/h1-8H,9-14H2. The van der Waals surface area contributed by atoms with E-state index in [0.29, 0.717) is 23.9 Å². The molecular formula is C20H20ClF3N2O3. The maximum Gasteiger partial charge on any atom is 0.573 e. The zero-order valence-corrected chi connectivity index (χ0v) is 16.2. The fraction of sp³-hybridized carbons (Fsp3) is 0.350. The number of rotatable bonds is 6. The molecule has 3 rings (SSSR count). The summed E-state index contributed by atoms with van der Waals surface area (Å²) in [5.41, 5.74) is 1.16. The lowest BCUT2D eigenvalue weighted by Crippen LogP contribution is -2.49. The number of ether oxygens (including phenoxy) is 2. The van der Waals surface area contributed by atoms with Gasteiger partial charge in [-0.1, -0.05) is 23.7 Å². The smallest absolute Gasteiger partial charge is 0.484 e. The molecule has 156 valence electrons. The van der Waals surface area contributed by atoms with Crippen LogP contribution in [0.2, 0.25) is 5.02 Å². The fourth-order valence-corrected chi connectivity index (χ4v) is 3.10. The van der Waals surface area contributed by atoms with Gasteiger partial charge in [0.05, 0.1) is 0 Å². The molecule has 1 aliphatic rings. The van der Waals surface area contributed by atoms with Gasteiger partial charge in [-0.3, -0.25) is 9.69 Å². The maximum atomic E-state index is 12.3. The largest absolute Gasteiger partial charge is 0.573 e. The summed E-state index contributed by atoms with van der Waals surface area (Å²) >= 11 is 5.89. The van der Waals surface area contributed by atoms with E-state index in [1.807, 2.05) is 24.3 Å². The van der Waals surface area contributed by atoms with Crippen LogP contribution in [0.25, 0.3) is 0 Å². The number of hydrogen-bond acceptors (Lipinski definition) is 4. The molecule has 9 heteroatoms. The molecule has 5 nitrogen and oxygen atoms in total. The molecule has 0 aliphatic carbocycles. The van der Waals surface area contributed by atoms with Crippen LogP contribution in [0, 0.1) is 0 Å². The predicted octanol–water partition coefficient (Wildman–Crippen LogP) is 3.96. The Kier molecular flexibility index (Phi) is 6.87. The minimum Gasteiger partial charge on any atom is -0.484 e. The van der Waals surface area contributed by atoms with Gasteiger partial charge in [-0.05, 0) is 42.0 Å². The highest BCUT2D eigenvalue weighted by molar-refractivity contribution is 6.30. The van der Waals surface area contributed by atoms with Crippen molar-refractivity contribution in [1.29, 1.82) is 0 Å². The summed E-state index contributed by atoms with van der Waals surface area (Å²) < 4.78 is 45.6. The molecule has 0 unspecified atom stereocenters. The van der Waals surface area contributed by atoms with E-state index in [1.54, 1.807) is 4.90 Å². The average molecular weight is 429 g/mol. The van der Waals surface area contributed by atoms with E-state index in [9.17, 15) is 18.0 Å². The quantitative estimate of drug-likeness (QED) is 0.698. The summed E-state index contributed by atoms with van der Waals surface area (Å²) in [6.07, 6.45) is -4.74. The Balaban J connectivity index is 1.41. The van der Waals surface area contributed by atoms with Gasteiger partial charge < -0.3 is 14.4 Å². The van der Waals surface area contributed by atoms with Gasteiger partial charge >= 0.3 is 6.36 Å². The summed E-state index contributed by atoms with van der Waals surface area (Å²) in [4.78, 5) is 16.3. The number of carbonyl (C=O) groups is 1. The summed E-state index contributed by atoms with van der Waals surface area (Å²) in [5.74, 6) is -0.200. The second-order valence-electron chi connectivity index (χ2n) is 6.59. The second kappa shape index (κ2) is 9.37. The molecular weight excluding hydrogens is 409 g/mol. The van der Waals surface area contributed by atoms with Gasteiger partial charge in [0, 0.05) is 37.7 Å². The third kappa shape index (κ3) is 6.83. The normalized spacial score (nSPS) is 15.2. The van der Waals surface area contributed by atoms with E-state index in [4.69, 9.17) is 16.3 Å². The Hall–Kier alpha value is -2.45. The topological polar surface area (TPSA) is 42.0 Å². The van der Waals surface area contributed by atoms with Crippen LogP contribution >= 0.6 is 11.6 Å². The molecule has 1 fully saturated rings. The number of hydrogen-bond donors (Lipinski definition) is 0. The zero-order valence-electron chi connectivity index (χ0n) is 15.5. The van der Waals surface area contributed by atoms with Crippen LogP contribution in [0.3, 0.4) is 0 Å². The van der Waals surface area contributed by atoms with Gasteiger partial charge in [-0.2, -0.15) is 0 Å². The third-order valence-electron chi connectivity index (χ3n) is 4.46. The van der Waals surface area contributed by atoms with Crippen molar-refractivity contribution < 1.29 is 27.4 Å². The number of alkyl halides is 3. The molecule has 0 aromatic heterocycles. The maximum absolute atomic E-state index is 12.3. The first-order chi connectivity index (χ1) is 13.8. The van der Waals surface area contributed by atoms with Crippen molar-refractivity contribution in [3.63, 3.8) is 0 Å². The number of amides is 1. The van der Waals surface area contributed by atoms with E-state index >= 15 is 0 Å². The first kappa shape index (κ1) is 21.3. The Bertz CT molecular complexity index is 805. The molecule has 0 radical (unpaired) electrons. The highest BCUT2D eigenvalue weighted by Gasteiger charge is 2.31. The molecule has 0 bridgehead atoms. The van der Waals surface area contributed by atoms with Gasteiger partial charge in [0.1, 0.15) is 11.5 Å². The number of carbonyl (C=O) groups excluding carboxylic acids is 1. The van der Waals surface area contributed by atoms with Crippen molar-refractivity contribution in [2.24, 2.45) is 0 Å². The molecule has 0 spiro atoms. The Morgan fingerprint density at radius 2 is 1.52 bits per heavy atom.